The van der Waals surface area contributed by atoms with E-state index in [-0.39, 0.29) is 12.4 Å². The monoisotopic (exact) mass is 533 g/mol. The van der Waals surface area contributed by atoms with E-state index < -0.39 is 23.8 Å². The molecule has 0 aliphatic heterocycles. The topological polar surface area (TPSA) is 123 Å². The van der Waals surface area contributed by atoms with Gasteiger partial charge in [0.2, 0.25) is 0 Å². The summed E-state index contributed by atoms with van der Waals surface area (Å²) in [4.78, 5) is 51.2. The largest absolute Gasteiger partial charge is 0.462 e. The number of benzene rings is 2. The number of carbonyl (C=O) groups is 4. The number of nitrogens with one attached hydrogen (secondary N) is 2. The standard InChI is InChI=1S/C28H27N3O6S/c1-3-36-28(35)23-20-13-7-9-15-22(20)38-26(23)30-24(32)25(33)31-29-16-18-11-5-8-14-21(18)37-27(34)19-12-6-4-10-17(19)2/h4-6,8,10-12,14,16H,3,7,9,13,15H2,1-2H3,(H,30,32)(H,31,33)/b29-16+. The minimum atomic E-state index is -1.02. The van der Waals surface area contributed by atoms with E-state index in [0.717, 1.165) is 41.7 Å². The summed E-state index contributed by atoms with van der Waals surface area (Å²) < 4.78 is 10.7. The Morgan fingerprint density at radius 3 is 2.50 bits per heavy atom. The third-order valence-electron chi connectivity index (χ3n) is 5.94. The lowest BCUT2D eigenvalue weighted by atomic mass is 9.95. The lowest BCUT2D eigenvalue weighted by Crippen LogP contribution is -2.32. The highest BCUT2D eigenvalue weighted by atomic mass is 32.1. The predicted octanol–water partition coefficient (Wildman–Crippen LogP) is 4.42. The van der Waals surface area contributed by atoms with Gasteiger partial charge in [-0.1, -0.05) is 30.3 Å². The number of aryl methyl sites for hydroxylation is 2. The Labute approximate surface area is 223 Å². The number of carbonyl (C=O) groups excluding carboxylic acids is 4. The van der Waals surface area contributed by atoms with E-state index in [2.05, 4.69) is 15.8 Å². The van der Waals surface area contributed by atoms with Crippen molar-refractivity contribution in [2.24, 2.45) is 5.10 Å². The van der Waals surface area contributed by atoms with E-state index >= 15 is 0 Å². The molecule has 0 bridgehead atoms. The maximum atomic E-state index is 12.6. The van der Waals surface area contributed by atoms with Crippen LogP contribution in [-0.4, -0.2) is 36.6 Å². The van der Waals surface area contributed by atoms with Gasteiger partial charge < -0.3 is 14.8 Å². The van der Waals surface area contributed by atoms with Gasteiger partial charge in [0.1, 0.15) is 10.8 Å². The van der Waals surface area contributed by atoms with Crippen LogP contribution in [0.1, 0.15) is 62.0 Å². The predicted molar refractivity (Wildman–Crippen MR) is 144 cm³/mol. The van der Waals surface area contributed by atoms with Crippen LogP contribution < -0.4 is 15.5 Å². The molecule has 3 aromatic rings. The molecular formula is C28H27N3O6S. The maximum absolute atomic E-state index is 12.6. The third-order valence-corrected chi connectivity index (χ3v) is 7.15. The van der Waals surface area contributed by atoms with Crippen molar-refractivity contribution < 1.29 is 28.7 Å². The molecule has 0 radical (unpaired) electrons. The van der Waals surface area contributed by atoms with Crippen LogP contribution in [0.15, 0.2) is 53.6 Å². The van der Waals surface area contributed by atoms with Gasteiger partial charge >= 0.3 is 23.8 Å². The number of nitrogens with zero attached hydrogens (tertiary/aromatic N) is 1. The molecule has 0 atom stereocenters. The molecule has 38 heavy (non-hydrogen) atoms. The Kier molecular flexibility index (Phi) is 8.65. The number of hydrogen-bond donors (Lipinski definition) is 2. The molecule has 2 N–H and O–H groups in total. The van der Waals surface area contributed by atoms with E-state index in [9.17, 15) is 19.2 Å². The SMILES string of the molecule is CCOC(=O)c1c(NC(=O)C(=O)N/N=C/c2ccccc2OC(=O)c2ccccc2C)sc2c1CCCC2. The first-order valence-corrected chi connectivity index (χ1v) is 13.0. The van der Waals surface area contributed by atoms with Crippen LogP contribution in [0.25, 0.3) is 0 Å². The van der Waals surface area contributed by atoms with Crippen molar-refractivity contribution in [3.05, 3.63) is 81.2 Å². The van der Waals surface area contributed by atoms with E-state index in [0.29, 0.717) is 21.7 Å². The summed E-state index contributed by atoms with van der Waals surface area (Å²) in [5.41, 5.74) is 5.01. The highest BCUT2D eigenvalue weighted by Crippen LogP contribution is 2.38. The molecule has 0 unspecified atom stereocenters. The number of rotatable bonds is 7. The summed E-state index contributed by atoms with van der Waals surface area (Å²) in [5.74, 6) is -2.78. The zero-order valence-corrected chi connectivity index (χ0v) is 21.9. The lowest BCUT2D eigenvalue weighted by Gasteiger charge is -2.12. The zero-order chi connectivity index (χ0) is 27.1. The average Bonchev–Trinajstić information content (AvgIpc) is 3.27. The van der Waals surface area contributed by atoms with Gasteiger partial charge in [-0.2, -0.15) is 5.10 Å². The van der Waals surface area contributed by atoms with E-state index in [4.69, 9.17) is 9.47 Å². The smallest absolute Gasteiger partial charge is 0.343 e. The number of para-hydroxylation sites is 1. The van der Waals surface area contributed by atoms with Gasteiger partial charge in [-0.25, -0.2) is 15.0 Å². The molecule has 1 aromatic heterocycles. The second kappa shape index (κ2) is 12.3. The van der Waals surface area contributed by atoms with Gasteiger partial charge in [-0.15, -0.1) is 11.3 Å². The lowest BCUT2D eigenvalue weighted by molar-refractivity contribution is -0.136. The Balaban J connectivity index is 1.42. The number of amides is 2. The van der Waals surface area contributed by atoms with Crippen molar-refractivity contribution in [2.75, 3.05) is 11.9 Å². The van der Waals surface area contributed by atoms with Gasteiger partial charge in [-0.3, -0.25) is 9.59 Å². The second-order valence-electron chi connectivity index (χ2n) is 8.53. The van der Waals surface area contributed by atoms with Crippen molar-refractivity contribution in [3.63, 3.8) is 0 Å². The first kappa shape index (κ1) is 26.7. The van der Waals surface area contributed by atoms with Crippen molar-refractivity contribution in [3.8, 4) is 5.75 Å². The average molecular weight is 534 g/mol. The molecule has 0 fully saturated rings. The fourth-order valence-corrected chi connectivity index (χ4v) is 5.35. The number of fused-ring (bicyclic) bond motifs is 1. The van der Waals surface area contributed by atoms with Crippen molar-refractivity contribution in [1.29, 1.82) is 0 Å². The van der Waals surface area contributed by atoms with Crippen LogP contribution in [0.4, 0.5) is 5.00 Å². The van der Waals surface area contributed by atoms with Crippen LogP contribution >= 0.6 is 11.3 Å². The first-order chi connectivity index (χ1) is 18.4. The van der Waals surface area contributed by atoms with Crippen LogP contribution in [0.2, 0.25) is 0 Å². The fourth-order valence-electron chi connectivity index (χ4n) is 4.08. The molecule has 1 aliphatic rings. The molecule has 0 saturated carbocycles. The first-order valence-electron chi connectivity index (χ1n) is 12.2. The molecule has 0 spiro atoms. The zero-order valence-electron chi connectivity index (χ0n) is 21.0. The number of ether oxygens (including phenoxy) is 2. The van der Waals surface area contributed by atoms with Crippen LogP contribution in [0.3, 0.4) is 0 Å². The molecule has 196 valence electrons. The van der Waals surface area contributed by atoms with Crippen LogP contribution in [-0.2, 0) is 27.2 Å². The summed E-state index contributed by atoms with van der Waals surface area (Å²) in [5, 5.41) is 6.69. The number of hydrogen-bond acceptors (Lipinski definition) is 8. The molecule has 10 heteroatoms. The molecule has 1 heterocycles. The van der Waals surface area contributed by atoms with Crippen molar-refractivity contribution >= 4 is 46.3 Å². The fraction of sp³-hybridized carbons (Fsp3) is 0.250. The summed E-state index contributed by atoms with van der Waals surface area (Å²) in [6, 6.07) is 13.7. The minimum Gasteiger partial charge on any atom is -0.462 e. The Hall–Kier alpha value is -4.31. The number of esters is 2. The van der Waals surface area contributed by atoms with Gasteiger partial charge in [0.15, 0.2) is 0 Å². The summed E-state index contributed by atoms with van der Waals surface area (Å²) in [6.45, 7) is 3.72. The molecule has 4 rings (SSSR count). The second-order valence-corrected chi connectivity index (χ2v) is 9.64. The highest BCUT2D eigenvalue weighted by Gasteiger charge is 2.28. The molecular weight excluding hydrogens is 506 g/mol. The van der Waals surface area contributed by atoms with E-state index in [1.54, 1.807) is 43.3 Å². The summed E-state index contributed by atoms with van der Waals surface area (Å²) in [7, 11) is 0. The van der Waals surface area contributed by atoms with Gasteiger partial charge in [-0.05, 0) is 68.9 Å². The molecule has 9 nitrogen and oxygen atoms in total. The minimum absolute atomic E-state index is 0.202. The number of thiophene rings is 1. The van der Waals surface area contributed by atoms with E-state index in [1.807, 2.05) is 19.1 Å². The van der Waals surface area contributed by atoms with Gasteiger partial charge in [0.25, 0.3) is 0 Å². The quantitative estimate of drug-likeness (QED) is 0.152. The Morgan fingerprint density at radius 2 is 1.71 bits per heavy atom. The molecule has 0 saturated heterocycles. The molecule has 1 aliphatic carbocycles. The normalized spacial score (nSPS) is 12.5. The number of anilines is 1. The van der Waals surface area contributed by atoms with Gasteiger partial charge in [0, 0.05) is 10.4 Å². The van der Waals surface area contributed by atoms with Gasteiger partial charge in [0.05, 0.1) is 23.9 Å². The maximum Gasteiger partial charge on any atom is 0.343 e. The molecule has 2 aromatic carbocycles. The van der Waals surface area contributed by atoms with Crippen molar-refractivity contribution in [2.45, 2.75) is 39.5 Å². The third kappa shape index (κ3) is 6.15. The van der Waals surface area contributed by atoms with Crippen LogP contribution in [0.5, 0.6) is 5.75 Å². The summed E-state index contributed by atoms with van der Waals surface area (Å²) >= 11 is 1.29. The molecule has 2 amide bonds. The van der Waals surface area contributed by atoms with Crippen LogP contribution in [0, 0.1) is 6.92 Å². The Bertz CT molecular complexity index is 1410. The number of hydrazone groups is 1. The van der Waals surface area contributed by atoms with Crippen molar-refractivity contribution in [1.82, 2.24) is 5.43 Å². The highest BCUT2D eigenvalue weighted by molar-refractivity contribution is 7.17. The Morgan fingerprint density at radius 1 is 0.974 bits per heavy atom. The summed E-state index contributed by atoms with van der Waals surface area (Å²) in [6.07, 6.45) is 4.76. The van der Waals surface area contributed by atoms with E-state index in [1.165, 1.54) is 17.6 Å².